The summed E-state index contributed by atoms with van der Waals surface area (Å²) in [6.07, 6.45) is -0.461. The number of halogens is 4. The zero-order valence-corrected chi connectivity index (χ0v) is 21.2. The molecule has 5 aromatic rings. The van der Waals surface area contributed by atoms with Gasteiger partial charge in [0.1, 0.15) is 0 Å². The van der Waals surface area contributed by atoms with E-state index in [0.717, 1.165) is 23.4 Å². The predicted octanol–water partition coefficient (Wildman–Crippen LogP) is 4.12. The molecule has 0 bridgehead atoms. The number of esters is 1. The first-order chi connectivity index (χ1) is 19.1. The maximum Gasteiger partial charge on any atom is 0.434 e. The molecule has 4 heterocycles. The number of rotatable bonds is 6. The lowest BCUT2D eigenvalue weighted by molar-refractivity contribution is -0.143. The highest BCUT2D eigenvalue weighted by molar-refractivity contribution is 6.32. The van der Waals surface area contributed by atoms with E-state index in [4.69, 9.17) is 16.3 Å². The van der Waals surface area contributed by atoms with Crippen molar-refractivity contribution in [2.75, 3.05) is 19.5 Å². The van der Waals surface area contributed by atoms with E-state index < -0.39 is 29.3 Å². The van der Waals surface area contributed by atoms with Gasteiger partial charge in [0, 0.05) is 17.0 Å². The van der Waals surface area contributed by atoms with Gasteiger partial charge >= 0.3 is 12.1 Å². The van der Waals surface area contributed by atoms with Gasteiger partial charge in [0.15, 0.2) is 17.2 Å². The summed E-state index contributed by atoms with van der Waals surface area (Å²) >= 11 is 6.24. The molecule has 12 nitrogen and oxygen atoms in total. The number of carbonyl (C=O) groups excluding carboxylic acids is 2. The molecule has 0 atom stereocenters. The molecule has 1 amide bonds. The van der Waals surface area contributed by atoms with Crippen molar-refractivity contribution >= 4 is 39.9 Å². The predicted molar refractivity (Wildman–Crippen MR) is 134 cm³/mol. The highest BCUT2D eigenvalue weighted by Crippen LogP contribution is 2.36. The Hall–Kier alpha value is -5.05. The van der Waals surface area contributed by atoms with Crippen molar-refractivity contribution in [3.05, 3.63) is 77.1 Å². The van der Waals surface area contributed by atoms with Crippen LogP contribution in [0.5, 0.6) is 5.88 Å². The number of methoxy groups -OCH3 is 2. The van der Waals surface area contributed by atoms with Crippen LogP contribution in [0.1, 0.15) is 26.5 Å². The average Bonchev–Trinajstić information content (AvgIpc) is 3.60. The quantitative estimate of drug-likeness (QED) is 0.298. The van der Waals surface area contributed by atoms with Crippen LogP contribution in [-0.2, 0) is 10.9 Å². The summed E-state index contributed by atoms with van der Waals surface area (Å²) in [5.74, 6) is -1.61. The summed E-state index contributed by atoms with van der Waals surface area (Å²) in [6.45, 7) is 0. The molecule has 0 aliphatic rings. The van der Waals surface area contributed by atoms with Crippen LogP contribution in [0.15, 0.2) is 55.1 Å². The summed E-state index contributed by atoms with van der Waals surface area (Å²) < 4.78 is 53.3. The Morgan fingerprint density at radius 1 is 1.02 bits per heavy atom. The van der Waals surface area contributed by atoms with E-state index in [0.29, 0.717) is 15.5 Å². The highest BCUT2D eigenvalue weighted by atomic mass is 35.5. The molecule has 0 aliphatic heterocycles. The number of fused-ring (bicyclic) bond motifs is 1. The van der Waals surface area contributed by atoms with Gasteiger partial charge in [-0.05, 0) is 24.3 Å². The van der Waals surface area contributed by atoms with Gasteiger partial charge in [0.25, 0.3) is 5.91 Å². The molecule has 0 fully saturated rings. The smallest absolute Gasteiger partial charge is 0.434 e. The summed E-state index contributed by atoms with van der Waals surface area (Å²) in [5, 5.41) is 14.8. The molecule has 16 heteroatoms. The standard InChI is InChI=1S/C24H16ClF3N8O4/c1-39-22-14-4-3-5-18(13(14)6-7-29-22)35-19(24(26,27)28)15(10-31-35)21(37)33-12-8-16(25)20(30-9-12)36-32-11-17(34-36)23(38)40-2/h3-11H,1-2H3,(H,33,37). The lowest BCUT2D eigenvalue weighted by Gasteiger charge is -2.15. The minimum atomic E-state index is -4.95. The molecule has 0 saturated heterocycles. The molecule has 1 aromatic carbocycles. The van der Waals surface area contributed by atoms with Gasteiger partial charge in [0.2, 0.25) is 5.88 Å². The Morgan fingerprint density at radius 2 is 1.82 bits per heavy atom. The summed E-state index contributed by atoms with van der Waals surface area (Å²) in [6, 6.07) is 7.37. The third kappa shape index (κ3) is 4.77. The molecule has 40 heavy (non-hydrogen) atoms. The second-order valence-electron chi connectivity index (χ2n) is 8.00. The van der Waals surface area contributed by atoms with Gasteiger partial charge in [0.05, 0.1) is 54.8 Å². The zero-order chi connectivity index (χ0) is 28.6. The van der Waals surface area contributed by atoms with E-state index in [1.807, 2.05) is 0 Å². The molecular formula is C24H16ClF3N8O4. The van der Waals surface area contributed by atoms with Gasteiger partial charge in [-0.15, -0.1) is 9.90 Å². The third-order valence-electron chi connectivity index (χ3n) is 5.61. The molecule has 0 aliphatic carbocycles. The lowest BCUT2D eigenvalue weighted by Crippen LogP contribution is -2.21. The fraction of sp³-hybridized carbons (Fsp3) is 0.125. The van der Waals surface area contributed by atoms with Gasteiger partial charge in [-0.25, -0.2) is 19.4 Å². The first kappa shape index (κ1) is 26.6. The van der Waals surface area contributed by atoms with Crippen molar-refractivity contribution in [3.8, 4) is 17.4 Å². The van der Waals surface area contributed by atoms with Crippen molar-refractivity contribution in [1.82, 2.24) is 34.7 Å². The van der Waals surface area contributed by atoms with Gasteiger partial charge in [-0.3, -0.25) is 4.79 Å². The lowest BCUT2D eigenvalue weighted by atomic mass is 10.1. The molecule has 5 rings (SSSR count). The minimum absolute atomic E-state index is 0.000470. The van der Waals surface area contributed by atoms with Crippen molar-refractivity contribution in [1.29, 1.82) is 0 Å². The number of aromatic nitrogens is 7. The highest BCUT2D eigenvalue weighted by Gasteiger charge is 2.41. The number of pyridine rings is 2. The number of alkyl halides is 3. The van der Waals surface area contributed by atoms with Crippen LogP contribution in [0, 0.1) is 0 Å². The number of benzene rings is 1. The fourth-order valence-electron chi connectivity index (χ4n) is 3.89. The van der Waals surface area contributed by atoms with Crippen LogP contribution >= 0.6 is 11.6 Å². The van der Waals surface area contributed by atoms with Crippen molar-refractivity contribution < 1.29 is 32.2 Å². The molecule has 4 aromatic heterocycles. The number of nitrogens with zero attached hydrogens (tertiary/aromatic N) is 7. The fourth-order valence-corrected chi connectivity index (χ4v) is 4.13. The number of carbonyl (C=O) groups is 2. The van der Waals surface area contributed by atoms with Crippen molar-refractivity contribution in [3.63, 3.8) is 0 Å². The van der Waals surface area contributed by atoms with E-state index in [2.05, 4.69) is 35.3 Å². The number of hydrogen-bond acceptors (Lipinski definition) is 9. The first-order valence-electron chi connectivity index (χ1n) is 11.2. The van der Waals surface area contributed by atoms with Crippen LogP contribution in [0.2, 0.25) is 5.02 Å². The van der Waals surface area contributed by atoms with E-state index >= 15 is 0 Å². The molecule has 0 radical (unpaired) electrons. The minimum Gasteiger partial charge on any atom is -0.481 e. The van der Waals surface area contributed by atoms with Crippen LogP contribution in [-0.4, -0.2) is 60.8 Å². The van der Waals surface area contributed by atoms with Gasteiger partial charge < -0.3 is 14.8 Å². The van der Waals surface area contributed by atoms with Crippen LogP contribution in [0.4, 0.5) is 18.9 Å². The van der Waals surface area contributed by atoms with E-state index in [-0.39, 0.29) is 33.8 Å². The SMILES string of the molecule is COC(=O)c1cnn(-c2ncc(NC(=O)c3cnn(-c4cccc5c(OC)nccc45)c3C(F)(F)F)cc2Cl)n1. The van der Waals surface area contributed by atoms with Crippen LogP contribution in [0.25, 0.3) is 22.3 Å². The topological polar surface area (TPSA) is 139 Å². The van der Waals surface area contributed by atoms with Crippen LogP contribution < -0.4 is 10.1 Å². The molecular weight excluding hydrogens is 557 g/mol. The van der Waals surface area contributed by atoms with Crippen LogP contribution in [0.3, 0.4) is 0 Å². The largest absolute Gasteiger partial charge is 0.481 e. The Morgan fingerprint density at radius 3 is 2.52 bits per heavy atom. The summed E-state index contributed by atoms with van der Waals surface area (Å²) in [7, 11) is 2.57. The Bertz CT molecular complexity index is 1770. The Balaban J connectivity index is 1.49. The third-order valence-corrected chi connectivity index (χ3v) is 5.88. The second kappa shape index (κ2) is 10.3. The number of hydrogen-bond donors (Lipinski definition) is 1. The number of anilines is 1. The number of amides is 1. The summed E-state index contributed by atoms with van der Waals surface area (Å²) in [4.78, 5) is 33.7. The number of nitrogens with one attached hydrogen (secondary N) is 1. The van der Waals surface area contributed by atoms with E-state index in [1.54, 1.807) is 6.07 Å². The molecule has 204 valence electrons. The maximum atomic E-state index is 14.3. The van der Waals surface area contributed by atoms with E-state index in [1.165, 1.54) is 44.7 Å². The van der Waals surface area contributed by atoms with Crippen molar-refractivity contribution in [2.45, 2.75) is 6.18 Å². The molecule has 0 spiro atoms. The average molecular weight is 573 g/mol. The normalized spacial score (nSPS) is 11.4. The molecule has 0 unspecified atom stereocenters. The van der Waals surface area contributed by atoms with Gasteiger partial charge in [-0.2, -0.15) is 23.4 Å². The first-order valence-corrected chi connectivity index (χ1v) is 11.6. The van der Waals surface area contributed by atoms with E-state index in [9.17, 15) is 22.8 Å². The second-order valence-corrected chi connectivity index (χ2v) is 8.41. The maximum absolute atomic E-state index is 14.3. The monoisotopic (exact) mass is 572 g/mol. The number of ether oxygens (including phenoxy) is 2. The molecule has 0 saturated carbocycles. The van der Waals surface area contributed by atoms with Crippen molar-refractivity contribution in [2.24, 2.45) is 0 Å². The molecule has 1 N–H and O–H groups in total. The van der Waals surface area contributed by atoms with Gasteiger partial charge in [-0.1, -0.05) is 17.7 Å². The summed E-state index contributed by atoms with van der Waals surface area (Å²) in [5.41, 5.74) is -2.07. The Kier molecular flexibility index (Phi) is 6.81. The Labute approximate surface area is 227 Å². The zero-order valence-electron chi connectivity index (χ0n) is 20.5.